The second kappa shape index (κ2) is 5.88. The van der Waals surface area contributed by atoms with Gasteiger partial charge in [-0.1, -0.05) is 0 Å². The van der Waals surface area contributed by atoms with Crippen LogP contribution in [0.4, 0.5) is 5.69 Å². The lowest BCUT2D eigenvalue weighted by Gasteiger charge is -2.09. The van der Waals surface area contributed by atoms with Gasteiger partial charge in [0.15, 0.2) is 0 Å². The summed E-state index contributed by atoms with van der Waals surface area (Å²) in [4.78, 5) is 21.8. The second-order valence-corrected chi connectivity index (χ2v) is 4.48. The Morgan fingerprint density at radius 1 is 1.14 bits per heavy atom. The van der Waals surface area contributed by atoms with Gasteiger partial charge >= 0.3 is 12.0 Å². The molecule has 0 radical (unpaired) electrons. The zero-order valence-electron chi connectivity index (χ0n) is 11.5. The van der Waals surface area contributed by atoms with Crippen molar-refractivity contribution in [1.82, 2.24) is 15.0 Å². The Hall–Kier alpha value is -2.48. The van der Waals surface area contributed by atoms with Gasteiger partial charge in [-0.2, -0.15) is 9.97 Å². The number of hydrogen-bond acceptors (Lipinski definition) is 7. The Morgan fingerprint density at radius 3 is 2.43 bits per heavy atom. The van der Waals surface area contributed by atoms with Gasteiger partial charge in [0.2, 0.25) is 5.28 Å². The predicted octanol–water partition coefficient (Wildman–Crippen LogP) is 2.85. The molecule has 9 heteroatoms. The number of hydrogen-bond donors (Lipinski definition) is 0. The van der Waals surface area contributed by atoms with Crippen molar-refractivity contribution in [2.45, 2.75) is 13.8 Å². The average molecular weight is 311 g/mol. The number of benzene rings is 1. The van der Waals surface area contributed by atoms with Crippen molar-refractivity contribution in [3.63, 3.8) is 0 Å². The lowest BCUT2D eigenvalue weighted by molar-refractivity contribution is -0.385. The Morgan fingerprint density at radius 2 is 1.81 bits per heavy atom. The molecule has 2 aromatic rings. The van der Waals surface area contributed by atoms with Gasteiger partial charge in [0.1, 0.15) is 5.75 Å². The van der Waals surface area contributed by atoms with Gasteiger partial charge in [0, 0.05) is 5.56 Å². The number of aromatic nitrogens is 3. The van der Waals surface area contributed by atoms with Crippen molar-refractivity contribution < 1.29 is 14.4 Å². The standard InChI is InChI=1S/C12H11ClN4O4/c1-6-4-7(2)9(5-8(6)17(18)19)21-12-15-10(13)14-11(16-12)20-3/h4-5H,1-3H3. The lowest BCUT2D eigenvalue weighted by Crippen LogP contribution is -2.00. The van der Waals surface area contributed by atoms with Crippen LogP contribution in [-0.4, -0.2) is 27.0 Å². The van der Waals surface area contributed by atoms with Crippen LogP contribution in [0.15, 0.2) is 12.1 Å². The Labute approximate surface area is 124 Å². The van der Waals surface area contributed by atoms with Gasteiger partial charge in [0.25, 0.3) is 5.69 Å². The van der Waals surface area contributed by atoms with E-state index in [0.29, 0.717) is 11.1 Å². The van der Waals surface area contributed by atoms with Crippen molar-refractivity contribution in [2.24, 2.45) is 0 Å². The fourth-order valence-electron chi connectivity index (χ4n) is 1.68. The highest BCUT2D eigenvalue weighted by Crippen LogP contribution is 2.30. The van der Waals surface area contributed by atoms with E-state index in [1.807, 2.05) is 0 Å². The van der Waals surface area contributed by atoms with E-state index in [0.717, 1.165) is 0 Å². The van der Waals surface area contributed by atoms with Crippen molar-refractivity contribution in [3.05, 3.63) is 38.7 Å². The summed E-state index contributed by atoms with van der Waals surface area (Å²) >= 11 is 5.71. The first-order chi connectivity index (χ1) is 9.90. The zero-order valence-corrected chi connectivity index (χ0v) is 12.2. The van der Waals surface area contributed by atoms with E-state index in [9.17, 15) is 10.1 Å². The molecule has 0 aliphatic carbocycles. The highest BCUT2D eigenvalue weighted by molar-refractivity contribution is 6.28. The maximum Gasteiger partial charge on any atom is 0.329 e. The molecule has 0 amide bonds. The first-order valence-electron chi connectivity index (χ1n) is 5.79. The lowest BCUT2D eigenvalue weighted by atomic mass is 10.1. The van der Waals surface area contributed by atoms with E-state index >= 15 is 0 Å². The maximum atomic E-state index is 11.0. The van der Waals surface area contributed by atoms with Crippen LogP contribution in [0.25, 0.3) is 0 Å². The summed E-state index contributed by atoms with van der Waals surface area (Å²) in [5, 5.41) is 10.9. The van der Waals surface area contributed by atoms with Gasteiger partial charge in [-0.05, 0) is 37.1 Å². The molecule has 0 N–H and O–H groups in total. The summed E-state index contributed by atoms with van der Waals surface area (Å²) in [5.74, 6) is 0.261. The first kappa shape index (κ1) is 14.9. The normalized spacial score (nSPS) is 10.3. The van der Waals surface area contributed by atoms with Crippen molar-refractivity contribution >= 4 is 17.3 Å². The quantitative estimate of drug-likeness (QED) is 0.632. The molecule has 21 heavy (non-hydrogen) atoms. The number of aryl methyl sites for hydroxylation is 2. The van der Waals surface area contributed by atoms with Crippen molar-refractivity contribution in [3.8, 4) is 17.8 Å². The minimum Gasteiger partial charge on any atom is -0.467 e. The highest BCUT2D eigenvalue weighted by atomic mass is 35.5. The molecule has 0 aliphatic rings. The molecule has 0 atom stereocenters. The van der Waals surface area contributed by atoms with E-state index in [1.165, 1.54) is 13.2 Å². The van der Waals surface area contributed by atoms with Crippen molar-refractivity contribution in [1.29, 1.82) is 0 Å². The van der Waals surface area contributed by atoms with Crippen LogP contribution < -0.4 is 9.47 Å². The largest absolute Gasteiger partial charge is 0.467 e. The number of nitrogens with zero attached hydrogens (tertiary/aromatic N) is 4. The van der Waals surface area contributed by atoms with Gasteiger partial charge < -0.3 is 9.47 Å². The van der Waals surface area contributed by atoms with Crippen LogP contribution in [-0.2, 0) is 0 Å². The van der Waals surface area contributed by atoms with Crippen LogP contribution in [0.5, 0.6) is 17.8 Å². The maximum absolute atomic E-state index is 11.0. The highest BCUT2D eigenvalue weighted by Gasteiger charge is 2.16. The van der Waals surface area contributed by atoms with E-state index in [1.54, 1.807) is 19.9 Å². The van der Waals surface area contributed by atoms with Gasteiger partial charge in [-0.15, -0.1) is 4.98 Å². The van der Waals surface area contributed by atoms with E-state index in [-0.39, 0.29) is 28.7 Å². The molecule has 0 spiro atoms. The first-order valence-corrected chi connectivity index (χ1v) is 6.17. The number of nitro groups is 1. The number of ether oxygens (including phenoxy) is 2. The Balaban J connectivity index is 2.41. The third kappa shape index (κ3) is 3.34. The summed E-state index contributed by atoms with van der Waals surface area (Å²) in [6.07, 6.45) is 0. The van der Waals surface area contributed by atoms with Crippen LogP contribution in [0.3, 0.4) is 0 Å². The number of rotatable bonds is 4. The minimum absolute atomic E-state index is 0.00994. The topological polar surface area (TPSA) is 100 Å². The molecule has 0 saturated carbocycles. The molecule has 0 saturated heterocycles. The van der Waals surface area contributed by atoms with Crippen LogP contribution in [0, 0.1) is 24.0 Å². The summed E-state index contributed by atoms with van der Waals surface area (Å²) in [7, 11) is 1.37. The zero-order chi connectivity index (χ0) is 15.6. The SMILES string of the molecule is COc1nc(Cl)nc(Oc2cc([N+](=O)[O-])c(C)cc2C)n1. The average Bonchev–Trinajstić information content (AvgIpc) is 2.40. The molecule has 110 valence electrons. The predicted molar refractivity (Wildman–Crippen MR) is 74.0 cm³/mol. The molecule has 0 bridgehead atoms. The van der Waals surface area contributed by atoms with E-state index in [4.69, 9.17) is 21.1 Å². The molecule has 1 aromatic carbocycles. The van der Waals surface area contributed by atoms with Gasteiger partial charge in [-0.3, -0.25) is 10.1 Å². The Bertz CT molecular complexity index is 708. The number of halogens is 1. The van der Waals surface area contributed by atoms with Gasteiger partial charge in [-0.25, -0.2) is 0 Å². The third-order valence-corrected chi connectivity index (χ3v) is 2.81. The fraction of sp³-hybridized carbons (Fsp3) is 0.250. The third-order valence-electron chi connectivity index (χ3n) is 2.64. The second-order valence-electron chi connectivity index (χ2n) is 4.14. The van der Waals surface area contributed by atoms with Crippen LogP contribution in [0.2, 0.25) is 5.28 Å². The van der Waals surface area contributed by atoms with Gasteiger partial charge in [0.05, 0.1) is 18.1 Å². The summed E-state index contributed by atoms with van der Waals surface area (Å²) in [6.45, 7) is 3.41. The summed E-state index contributed by atoms with van der Waals surface area (Å²) < 4.78 is 10.3. The number of nitro benzene ring substituents is 1. The fourth-order valence-corrected chi connectivity index (χ4v) is 1.82. The van der Waals surface area contributed by atoms with Crippen molar-refractivity contribution in [2.75, 3.05) is 7.11 Å². The Kier molecular flexibility index (Phi) is 4.18. The van der Waals surface area contributed by atoms with Crippen LogP contribution in [0.1, 0.15) is 11.1 Å². The molecular formula is C12H11ClN4O4. The molecule has 1 heterocycles. The minimum atomic E-state index is -0.484. The molecule has 2 rings (SSSR count). The molecule has 0 fully saturated rings. The molecule has 0 unspecified atom stereocenters. The molecule has 8 nitrogen and oxygen atoms in total. The summed E-state index contributed by atoms with van der Waals surface area (Å²) in [6, 6.07) is 2.85. The molecule has 0 aliphatic heterocycles. The van der Waals surface area contributed by atoms with Crippen LogP contribution >= 0.6 is 11.6 Å². The van der Waals surface area contributed by atoms with E-state index in [2.05, 4.69) is 15.0 Å². The van der Waals surface area contributed by atoms with E-state index < -0.39 is 4.92 Å². The number of methoxy groups -OCH3 is 1. The smallest absolute Gasteiger partial charge is 0.329 e. The monoisotopic (exact) mass is 310 g/mol. The molecule has 1 aromatic heterocycles. The summed E-state index contributed by atoms with van der Waals surface area (Å²) in [5.41, 5.74) is 1.19. The molecular weight excluding hydrogens is 300 g/mol.